The molecular weight excluding hydrogens is 551 g/mol. The first-order valence-corrected chi connectivity index (χ1v) is 11.6. The highest BCUT2D eigenvalue weighted by molar-refractivity contribution is 5.54. The Morgan fingerprint density at radius 1 is 0.974 bits per heavy atom. The number of aliphatic hydroxyl groups is 2. The lowest BCUT2D eigenvalue weighted by molar-refractivity contribution is -0.267. The van der Waals surface area contributed by atoms with Gasteiger partial charge in [0.1, 0.15) is 29.4 Å². The lowest BCUT2D eigenvalue weighted by Gasteiger charge is -2.48. The summed E-state index contributed by atoms with van der Waals surface area (Å²) in [6.07, 6.45) is -12.8. The van der Waals surface area contributed by atoms with Gasteiger partial charge in [0.2, 0.25) is 0 Å². The van der Waals surface area contributed by atoms with E-state index in [0.717, 1.165) is 24.5 Å². The maximum atomic E-state index is 13.7. The summed E-state index contributed by atoms with van der Waals surface area (Å²) in [5.41, 5.74) is -7.10. The van der Waals surface area contributed by atoms with Gasteiger partial charge >= 0.3 is 18.5 Å². The number of alkyl halides is 9. The van der Waals surface area contributed by atoms with Crippen LogP contribution in [0.1, 0.15) is 36.6 Å². The Morgan fingerprint density at radius 3 is 2.18 bits per heavy atom. The van der Waals surface area contributed by atoms with Gasteiger partial charge in [0.05, 0.1) is 24.9 Å². The number of anilines is 1. The average Bonchev–Trinajstić information content (AvgIpc) is 2.78. The van der Waals surface area contributed by atoms with Crippen molar-refractivity contribution in [2.24, 2.45) is 0 Å². The van der Waals surface area contributed by atoms with Crippen molar-refractivity contribution in [1.29, 1.82) is 0 Å². The molecule has 0 amide bonds. The lowest BCUT2D eigenvalue weighted by atomic mass is 9.79. The van der Waals surface area contributed by atoms with Crippen LogP contribution in [0.15, 0.2) is 30.6 Å². The van der Waals surface area contributed by atoms with Crippen LogP contribution in [0.25, 0.3) is 0 Å². The molecule has 7 nitrogen and oxygen atoms in total. The van der Waals surface area contributed by atoms with Crippen LogP contribution in [0.5, 0.6) is 5.75 Å². The molecular formula is C23H23F9N4O3. The Hall–Kier alpha value is -2.85. The normalized spacial score (nSPS) is 25.8. The van der Waals surface area contributed by atoms with E-state index in [9.17, 15) is 49.7 Å². The van der Waals surface area contributed by atoms with Crippen molar-refractivity contribution < 1.29 is 54.5 Å². The number of aromatic nitrogens is 2. The van der Waals surface area contributed by atoms with E-state index < -0.39 is 65.9 Å². The van der Waals surface area contributed by atoms with Gasteiger partial charge in [-0.1, -0.05) is 6.07 Å². The number of β-amino-alcohol motifs (C(OH)–C–C–N with tert-alkyl or cyclic N) is 1. The van der Waals surface area contributed by atoms with Crippen LogP contribution in [0.4, 0.5) is 45.3 Å². The number of hydrogen-bond donors (Lipinski definition) is 3. The van der Waals surface area contributed by atoms with Gasteiger partial charge in [0, 0.05) is 23.8 Å². The quantitative estimate of drug-likeness (QED) is 0.465. The summed E-state index contributed by atoms with van der Waals surface area (Å²) in [6.45, 7) is -0.805. The SMILES string of the molecule is CC1CC(O)(c2ccc(C(F)(F)F)nc2)CC(COc2cnc(N3CC(O)(C(F)(F)F)C3)c(C(F)(F)F)c2)N1. The smallest absolute Gasteiger partial charge is 0.433 e. The number of nitrogens with one attached hydrogen (secondary N) is 1. The molecule has 2 fully saturated rings. The van der Waals surface area contributed by atoms with Crippen molar-refractivity contribution in [3.8, 4) is 5.75 Å². The lowest BCUT2D eigenvalue weighted by Crippen LogP contribution is -2.69. The predicted octanol–water partition coefficient (Wildman–Crippen LogP) is 4.03. The minimum absolute atomic E-state index is 0.0637. The highest BCUT2D eigenvalue weighted by Crippen LogP contribution is 2.44. The molecule has 3 N–H and O–H groups in total. The van der Waals surface area contributed by atoms with Crippen LogP contribution in [0.2, 0.25) is 0 Å². The maximum Gasteiger partial charge on any atom is 0.433 e. The molecule has 0 spiro atoms. The minimum atomic E-state index is -5.02. The van der Waals surface area contributed by atoms with Crippen LogP contribution in [0, 0.1) is 0 Å². The van der Waals surface area contributed by atoms with Gasteiger partial charge < -0.3 is 25.2 Å². The van der Waals surface area contributed by atoms with E-state index in [-0.39, 0.29) is 36.8 Å². The molecule has 0 aromatic carbocycles. The summed E-state index contributed by atoms with van der Waals surface area (Å²) in [7, 11) is 0. The molecule has 0 saturated carbocycles. The zero-order valence-electron chi connectivity index (χ0n) is 20.1. The van der Waals surface area contributed by atoms with Crippen molar-refractivity contribution in [1.82, 2.24) is 15.3 Å². The number of rotatable bonds is 5. The Morgan fingerprint density at radius 2 is 1.64 bits per heavy atom. The zero-order chi connectivity index (χ0) is 29.0. The van der Waals surface area contributed by atoms with Crippen LogP contribution in [0.3, 0.4) is 0 Å². The molecule has 39 heavy (non-hydrogen) atoms. The third-order valence-electron chi connectivity index (χ3n) is 6.67. The van der Waals surface area contributed by atoms with Crippen LogP contribution < -0.4 is 15.0 Å². The van der Waals surface area contributed by atoms with E-state index >= 15 is 0 Å². The molecule has 4 heterocycles. The van der Waals surface area contributed by atoms with Gasteiger partial charge in [-0.15, -0.1) is 0 Å². The molecule has 4 rings (SSSR count). The monoisotopic (exact) mass is 574 g/mol. The van der Waals surface area contributed by atoms with E-state index in [0.29, 0.717) is 11.0 Å². The first-order chi connectivity index (χ1) is 17.8. The van der Waals surface area contributed by atoms with Crippen molar-refractivity contribution in [3.05, 3.63) is 47.4 Å². The molecule has 2 aromatic rings. The van der Waals surface area contributed by atoms with E-state index in [1.165, 1.54) is 0 Å². The van der Waals surface area contributed by atoms with Crippen LogP contribution in [-0.4, -0.2) is 63.7 Å². The minimum Gasteiger partial charge on any atom is -0.490 e. The van der Waals surface area contributed by atoms with Crippen molar-refractivity contribution >= 4 is 5.82 Å². The molecule has 0 bridgehead atoms. The fourth-order valence-corrected chi connectivity index (χ4v) is 4.79. The second-order valence-corrected chi connectivity index (χ2v) is 9.87. The molecule has 0 aliphatic carbocycles. The number of ether oxygens (including phenoxy) is 1. The summed E-state index contributed by atoms with van der Waals surface area (Å²) >= 11 is 0. The number of pyridine rings is 2. The van der Waals surface area contributed by atoms with E-state index in [2.05, 4.69) is 15.3 Å². The van der Waals surface area contributed by atoms with Gasteiger partial charge in [0.25, 0.3) is 0 Å². The third-order valence-corrected chi connectivity index (χ3v) is 6.67. The first kappa shape index (κ1) is 29.1. The zero-order valence-corrected chi connectivity index (χ0v) is 20.1. The van der Waals surface area contributed by atoms with Gasteiger partial charge in [-0.05, 0) is 31.9 Å². The summed E-state index contributed by atoms with van der Waals surface area (Å²) < 4.78 is 124. The highest BCUT2D eigenvalue weighted by Gasteiger charge is 2.62. The predicted molar refractivity (Wildman–Crippen MR) is 117 cm³/mol. The topological polar surface area (TPSA) is 90.7 Å². The fraction of sp³-hybridized carbons (Fsp3) is 0.565. The van der Waals surface area contributed by atoms with Crippen molar-refractivity contribution in [2.75, 3.05) is 24.6 Å². The van der Waals surface area contributed by atoms with Crippen LogP contribution >= 0.6 is 0 Å². The molecule has 216 valence electrons. The summed E-state index contributed by atoms with van der Waals surface area (Å²) in [5.74, 6) is -1.14. The number of hydrogen-bond acceptors (Lipinski definition) is 7. The molecule has 3 unspecified atom stereocenters. The van der Waals surface area contributed by atoms with Crippen LogP contribution in [-0.2, 0) is 18.0 Å². The van der Waals surface area contributed by atoms with Crippen molar-refractivity contribution in [2.45, 2.75) is 61.6 Å². The molecule has 2 aliphatic heterocycles. The second-order valence-electron chi connectivity index (χ2n) is 9.87. The molecule has 2 aliphatic rings. The number of piperidine rings is 1. The van der Waals surface area contributed by atoms with Crippen molar-refractivity contribution in [3.63, 3.8) is 0 Å². The summed E-state index contributed by atoms with van der Waals surface area (Å²) in [4.78, 5) is 7.66. The Kier molecular flexibility index (Phi) is 7.22. The molecule has 2 aromatic heterocycles. The molecule has 2 saturated heterocycles. The summed E-state index contributed by atoms with van der Waals surface area (Å²) in [6, 6.07) is 1.42. The van der Waals surface area contributed by atoms with E-state index in [4.69, 9.17) is 4.74 Å². The van der Waals surface area contributed by atoms with E-state index in [1.807, 2.05) is 0 Å². The average molecular weight is 574 g/mol. The standard InChI is InChI=1S/C23H23F9N4O3/c1-12-5-19(37,13-2-3-17(33-7-13)22(27,28)29)6-14(35-12)9-39-15-4-16(21(24,25)26)18(34-8-15)36-10-20(38,11-36)23(30,31)32/h2-4,7-8,12,14,35,37-38H,5-6,9-11H2,1H3. The Balaban J connectivity index is 1.47. The van der Waals surface area contributed by atoms with Gasteiger partial charge in [0.15, 0.2) is 5.60 Å². The number of halogens is 9. The molecule has 0 radical (unpaired) electrons. The molecule has 16 heteroatoms. The number of nitrogens with zero attached hydrogens (tertiary/aromatic N) is 3. The Labute approximate surface area is 215 Å². The third kappa shape index (κ3) is 6.01. The largest absolute Gasteiger partial charge is 0.490 e. The maximum absolute atomic E-state index is 13.7. The fourth-order valence-electron chi connectivity index (χ4n) is 4.79. The summed E-state index contributed by atoms with van der Waals surface area (Å²) in [5, 5.41) is 23.8. The Bertz CT molecular complexity index is 1180. The van der Waals surface area contributed by atoms with Gasteiger partial charge in [-0.25, -0.2) is 4.98 Å². The first-order valence-electron chi connectivity index (χ1n) is 11.6. The van der Waals surface area contributed by atoms with E-state index in [1.54, 1.807) is 6.92 Å². The van der Waals surface area contributed by atoms with Gasteiger partial charge in [-0.3, -0.25) is 4.98 Å². The van der Waals surface area contributed by atoms with Gasteiger partial charge in [-0.2, -0.15) is 39.5 Å². The second kappa shape index (κ2) is 9.66. The highest BCUT2D eigenvalue weighted by atomic mass is 19.4. The molecule has 3 atom stereocenters.